The van der Waals surface area contributed by atoms with Crippen molar-refractivity contribution < 1.29 is 4.79 Å². The zero-order chi connectivity index (χ0) is 14.0. The molecular formula is C15H21BrN2O. The molecule has 2 N–H and O–H groups in total. The molecular weight excluding hydrogens is 304 g/mol. The number of halogens is 1. The van der Waals surface area contributed by atoms with E-state index in [1.807, 2.05) is 37.1 Å². The summed E-state index contributed by atoms with van der Waals surface area (Å²) in [4.78, 5) is 14.4. The molecule has 0 aliphatic heterocycles. The molecule has 1 aromatic rings. The van der Waals surface area contributed by atoms with Crippen molar-refractivity contribution in [2.75, 3.05) is 7.05 Å². The van der Waals surface area contributed by atoms with Gasteiger partial charge in [0.1, 0.15) is 0 Å². The summed E-state index contributed by atoms with van der Waals surface area (Å²) in [5.41, 5.74) is 7.75. The first-order chi connectivity index (χ1) is 9.00. The Morgan fingerprint density at radius 1 is 1.32 bits per heavy atom. The van der Waals surface area contributed by atoms with Gasteiger partial charge in [0.2, 0.25) is 0 Å². The molecule has 1 amide bonds. The van der Waals surface area contributed by atoms with Crippen LogP contribution >= 0.6 is 15.9 Å². The molecule has 1 aliphatic rings. The lowest BCUT2D eigenvalue weighted by molar-refractivity contribution is 0.0689. The number of carbonyl (C=O) groups is 1. The molecule has 0 aromatic heterocycles. The normalized spacial score (nSPS) is 23.2. The topological polar surface area (TPSA) is 46.3 Å². The van der Waals surface area contributed by atoms with E-state index in [2.05, 4.69) is 15.9 Å². The number of aryl methyl sites for hydroxylation is 1. The van der Waals surface area contributed by atoms with Gasteiger partial charge >= 0.3 is 0 Å². The van der Waals surface area contributed by atoms with Gasteiger partial charge in [-0.25, -0.2) is 0 Å². The van der Waals surface area contributed by atoms with Gasteiger partial charge in [0.25, 0.3) is 5.91 Å². The summed E-state index contributed by atoms with van der Waals surface area (Å²) < 4.78 is 0.902. The summed E-state index contributed by atoms with van der Waals surface area (Å²) in [5, 5.41) is 0. The number of amides is 1. The van der Waals surface area contributed by atoms with Gasteiger partial charge < -0.3 is 10.6 Å². The fourth-order valence-corrected chi connectivity index (χ4v) is 3.09. The Balaban J connectivity index is 2.13. The van der Waals surface area contributed by atoms with Crippen molar-refractivity contribution in [3.8, 4) is 0 Å². The fraction of sp³-hybridized carbons (Fsp3) is 0.533. The van der Waals surface area contributed by atoms with Crippen molar-refractivity contribution in [1.82, 2.24) is 4.90 Å². The third kappa shape index (κ3) is 3.18. The molecule has 104 valence electrons. The highest BCUT2D eigenvalue weighted by Gasteiger charge is 2.26. The average molecular weight is 325 g/mol. The Morgan fingerprint density at radius 3 is 2.58 bits per heavy atom. The standard InChI is InChI=1S/C15H21BrN2O/c1-10-4-3-5-13(14(10)16)15(19)18(2)12-8-6-11(17)7-9-12/h3-5,11-12H,6-9,17H2,1-2H3. The lowest BCUT2D eigenvalue weighted by Gasteiger charge is -2.33. The van der Waals surface area contributed by atoms with Crippen molar-refractivity contribution in [1.29, 1.82) is 0 Å². The molecule has 1 aliphatic carbocycles. The molecule has 0 radical (unpaired) electrons. The molecule has 0 heterocycles. The Morgan fingerprint density at radius 2 is 1.95 bits per heavy atom. The maximum Gasteiger partial charge on any atom is 0.254 e. The molecule has 2 rings (SSSR count). The summed E-state index contributed by atoms with van der Waals surface area (Å²) in [7, 11) is 1.90. The monoisotopic (exact) mass is 324 g/mol. The van der Waals surface area contributed by atoms with Crippen LogP contribution in [0.15, 0.2) is 22.7 Å². The highest BCUT2D eigenvalue weighted by Crippen LogP contribution is 2.26. The van der Waals surface area contributed by atoms with Gasteiger partial charge in [-0.1, -0.05) is 12.1 Å². The van der Waals surface area contributed by atoms with Crippen molar-refractivity contribution in [2.24, 2.45) is 5.73 Å². The number of hydrogen-bond donors (Lipinski definition) is 1. The zero-order valence-corrected chi connectivity index (χ0v) is 13.1. The molecule has 3 nitrogen and oxygen atoms in total. The maximum absolute atomic E-state index is 12.6. The minimum absolute atomic E-state index is 0.0936. The molecule has 1 fully saturated rings. The van der Waals surface area contributed by atoms with Crippen LogP contribution in [0.2, 0.25) is 0 Å². The highest BCUT2D eigenvalue weighted by atomic mass is 79.9. The summed E-state index contributed by atoms with van der Waals surface area (Å²) in [6.07, 6.45) is 4.04. The van der Waals surface area contributed by atoms with E-state index in [1.54, 1.807) is 0 Å². The number of carbonyl (C=O) groups excluding carboxylic acids is 1. The summed E-state index contributed by atoms with van der Waals surface area (Å²) in [5.74, 6) is 0.0936. The molecule has 4 heteroatoms. The quantitative estimate of drug-likeness (QED) is 0.908. The molecule has 0 atom stereocenters. The van der Waals surface area contributed by atoms with Crippen LogP contribution in [-0.4, -0.2) is 29.9 Å². The van der Waals surface area contributed by atoms with Crippen LogP contribution < -0.4 is 5.73 Å². The van der Waals surface area contributed by atoms with Crippen LogP contribution in [0.1, 0.15) is 41.6 Å². The summed E-state index contributed by atoms with van der Waals surface area (Å²) >= 11 is 3.52. The van der Waals surface area contributed by atoms with Crippen molar-refractivity contribution in [3.63, 3.8) is 0 Å². The predicted octanol–water partition coefficient (Wildman–Crippen LogP) is 3.10. The Hall–Kier alpha value is -0.870. The Kier molecular flexibility index (Phi) is 4.63. The second-order valence-corrected chi connectivity index (χ2v) is 6.21. The molecule has 0 bridgehead atoms. The van der Waals surface area contributed by atoms with Crippen LogP contribution in [0, 0.1) is 6.92 Å². The zero-order valence-electron chi connectivity index (χ0n) is 11.5. The number of benzene rings is 1. The molecule has 0 spiro atoms. The minimum Gasteiger partial charge on any atom is -0.339 e. The Bertz CT molecular complexity index is 467. The van der Waals surface area contributed by atoms with Gasteiger partial charge in [0, 0.05) is 23.6 Å². The van der Waals surface area contributed by atoms with E-state index in [0.717, 1.165) is 41.3 Å². The first-order valence-corrected chi connectivity index (χ1v) is 7.58. The van der Waals surface area contributed by atoms with E-state index in [0.29, 0.717) is 12.1 Å². The van der Waals surface area contributed by atoms with E-state index in [4.69, 9.17) is 5.73 Å². The van der Waals surface area contributed by atoms with Crippen LogP contribution in [0.3, 0.4) is 0 Å². The molecule has 0 unspecified atom stereocenters. The molecule has 1 aromatic carbocycles. The first kappa shape index (κ1) is 14.5. The van der Waals surface area contributed by atoms with Gasteiger partial charge in [-0.15, -0.1) is 0 Å². The van der Waals surface area contributed by atoms with Gasteiger partial charge in [-0.05, 0) is 60.2 Å². The van der Waals surface area contributed by atoms with Crippen LogP contribution in [0.4, 0.5) is 0 Å². The second-order valence-electron chi connectivity index (χ2n) is 5.42. The lowest BCUT2D eigenvalue weighted by atomic mass is 9.90. The lowest BCUT2D eigenvalue weighted by Crippen LogP contribution is -2.42. The first-order valence-electron chi connectivity index (χ1n) is 6.78. The van der Waals surface area contributed by atoms with E-state index >= 15 is 0 Å². The van der Waals surface area contributed by atoms with Gasteiger partial charge in [-0.3, -0.25) is 4.79 Å². The van der Waals surface area contributed by atoms with Crippen LogP contribution in [0.5, 0.6) is 0 Å². The van der Waals surface area contributed by atoms with E-state index in [-0.39, 0.29) is 5.91 Å². The predicted molar refractivity (Wildman–Crippen MR) is 81.2 cm³/mol. The third-order valence-corrected chi connectivity index (χ3v) is 5.08. The van der Waals surface area contributed by atoms with E-state index in [1.165, 1.54) is 0 Å². The number of hydrogen-bond acceptors (Lipinski definition) is 2. The second kappa shape index (κ2) is 6.06. The minimum atomic E-state index is 0.0936. The van der Waals surface area contributed by atoms with Crippen molar-refractivity contribution in [2.45, 2.75) is 44.7 Å². The number of nitrogens with zero attached hydrogens (tertiary/aromatic N) is 1. The highest BCUT2D eigenvalue weighted by molar-refractivity contribution is 9.10. The molecule has 1 saturated carbocycles. The number of rotatable bonds is 2. The van der Waals surface area contributed by atoms with Gasteiger partial charge in [0.15, 0.2) is 0 Å². The largest absolute Gasteiger partial charge is 0.339 e. The van der Waals surface area contributed by atoms with Crippen molar-refractivity contribution in [3.05, 3.63) is 33.8 Å². The summed E-state index contributed by atoms with van der Waals surface area (Å²) in [6, 6.07) is 6.44. The van der Waals surface area contributed by atoms with Crippen molar-refractivity contribution >= 4 is 21.8 Å². The Labute approximate surface area is 123 Å². The van der Waals surface area contributed by atoms with Crippen LogP contribution in [0.25, 0.3) is 0 Å². The SMILES string of the molecule is Cc1cccc(C(=O)N(C)C2CCC(N)CC2)c1Br. The fourth-order valence-electron chi connectivity index (χ4n) is 2.66. The smallest absolute Gasteiger partial charge is 0.254 e. The number of nitrogens with two attached hydrogens (primary N) is 1. The third-order valence-electron chi connectivity index (χ3n) is 4.03. The average Bonchev–Trinajstić information content (AvgIpc) is 2.41. The summed E-state index contributed by atoms with van der Waals surface area (Å²) in [6.45, 7) is 2.00. The van der Waals surface area contributed by atoms with Gasteiger partial charge in [-0.2, -0.15) is 0 Å². The van der Waals surface area contributed by atoms with Crippen LogP contribution in [-0.2, 0) is 0 Å². The molecule has 19 heavy (non-hydrogen) atoms. The van der Waals surface area contributed by atoms with E-state index < -0.39 is 0 Å². The maximum atomic E-state index is 12.6. The van der Waals surface area contributed by atoms with E-state index in [9.17, 15) is 4.79 Å². The molecule has 0 saturated heterocycles. The van der Waals surface area contributed by atoms with Gasteiger partial charge in [0.05, 0.1) is 5.56 Å².